The van der Waals surface area contributed by atoms with Gasteiger partial charge in [0.1, 0.15) is 17.9 Å². The number of carbonyl (C=O) groups is 2. The van der Waals surface area contributed by atoms with Gasteiger partial charge in [0.15, 0.2) is 0 Å². The van der Waals surface area contributed by atoms with E-state index in [1.54, 1.807) is 43.3 Å². The van der Waals surface area contributed by atoms with Crippen LogP contribution in [-0.2, 0) is 11.2 Å². The maximum atomic E-state index is 13.2. The first-order valence-electron chi connectivity index (χ1n) is 11.0. The monoisotopic (exact) mass is 479 g/mol. The lowest BCUT2D eigenvalue weighted by Crippen LogP contribution is -2.50. The molecule has 0 fully saturated rings. The van der Waals surface area contributed by atoms with E-state index in [9.17, 15) is 14.7 Å². The van der Waals surface area contributed by atoms with Gasteiger partial charge in [0.05, 0.1) is 6.26 Å². The Balaban J connectivity index is 1.50. The van der Waals surface area contributed by atoms with Gasteiger partial charge in [-0.3, -0.25) is 9.59 Å². The van der Waals surface area contributed by atoms with Crippen molar-refractivity contribution in [3.05, 3.63) is 95.0 Å². The summed E-state index contributed by atoms with van der Waals surface area (Å²) in [6.07, 6.45) is 3.06. The number of carbonyl (C=O) groups excluding carboxylic acids is 2. The van der Waals surface area contributed by atoms with Crippen LogP contribution in [0.2, 0.25) is 5.02 Å². The molecule has 0 saturated heterocycles. The number of benzene rings is 2. The number of hydrogen-bond donors (Lipinski definition) is 4. The molecule has 3 unspecified atom stereocenters. The van der Waals surface area contributed by atoms with E-state index in [0.29, 0.717) is 22.8 Å². The average molecular weight is 480 g/mol. The van der Waals surface area contributed by atoms with Crippen LogP contribution in [0, 0.1) is 0 Å². The third-order valence-electron chi connectivity index (χ3n) is 5.66. The summed E-state index contributed by atoms with van der Waals surface area (Å²) < 4.78 is 5.24. The van der Waals surface area contributed by atoms with Gasteiger partial charge >= 0.3 is 0 Å². The normalized spacial score (nSPS) is 13.9. The van der Waals surface area contributed by atoms with Crippen LogP contribution in [-0.4, -0.2) is 34.0 Å². The molecule has 8 heteroatoms. The molecule has 0 saturated carbocycles. The topological polar surface area (TPSA) is 107 Å². The number of nitrogens with one attached hydrogen (secondary N) is 3. The minimum Gasteiger partial charge on any atom is -0.467 e. The van der Waals surface area contributed by atoms with Crippen molar-refractivity contribution in [2.75, 3.05) is 0 Å². The Bertz CT molecular complexity index is 1250. The number of H-pyrrole nitrogens is 1. The summed E-state index contributed by atoms with van der Waals surface area (Å²) in [5.74, 6) is -0.279. The summed E-state index contributed by atoms with van der Waals surface area (Å²) in [6, 6.07) is 16.5. The molecule has 0 radical (unpaired) electrons. The van der Waals surface area contributed by atoms with E-state index in [1.807, 2.05) is 30.5 Å². The van der Waals surface area contributed by atoms with Gasteiger partial charge in [0.25, 0.3) is 5.91 Å². The van der Waals surface area contributed by atoms with Gasteiger partial charge in [0, 0.05) is 46.6 Å². The molecule has 0 bridgehead atoms. The molecule has 0 aliphatic heterocycles. The zero-order chi connectivity index (χ0) is 24.1. The lowest BCUT2D eigenvalue weighted by atomic mass is 10.0. The molecule has 2 heterocycles. The largest absolute Gasteiger partial charge is 0.467 e. The highest BCUT2D eigenvalue weighted by Crippen LogP contribution is 2.21. The van der Waals surface area contributed by atoms with Crippen molar-refractivity contribution in [1.29, 1.82) is 0 Å². The molecule has 3 atom stereocenters. The van der Waals surface area contributed by atoms with Crippen LogP contribution >= 0.6 is 11.6 Å². The van der Waals surface area contributed by atoms with Crippen molar-refractivity contribution >= 4 is 34.3 Å². The molecule has 176 valence electrons. The highest BCUT2D eigenvalue weighted by Gasteiger charge is 2.25. The number of fused-ring (bicyclic) bond motifs is 1. The molecule has 4 aromatic rings. The number of amides is 2. The number of aliphatic hydroxyl groups is 1. The first-order chi connectivity index (χ1) is 16.4. The van der Waals surface area contributed by atoms with Crippen molar-refractivity contribution in [1.82, 2.24) is 15.6 Å². The Morgan fingerprint density at radius 2 is 1.82 bits per heavy atom. The summed E-state index contributed by atoms with van der Waals surface area (Å²) in [6.45, 7) is 1.80. The maximum Gasteiger partial charge on any atom is 0.251 e. The average Bonchev–Trinajstić information content (AvgIpc) is 3.49. The SMILES string of the molecule is CC(CC(O)c1ccco1)NC(=O)C(Cc1c[nH]c2ccccc12)NC(=O)c1ccc(Cl)cc1. The first-order valence-corrected chi connectivity index (χ1v) is 11.4. The molecule has 7 nitrogen and oxygen atoms in total. The molecule has 0 aliphatic carbocycles. The van der Waals surface area contributed by atoms with Crippen LogP contribution in [0.4, 0.5) is 0 Å². The molecule has 4 N–H and O–H groups in total. The smallest absolute Gasteiger partial charge is 0.251 e. The number of aromatic amines is 1. The van der Waals surface area contributed by atoms with Gasteiger partial charge in [-0.1, -0.05) is 29.8 Å². The van der Waals surface area contributed by atoms with Gasteiger partial charge in [-0.2, -0.15) is 0 Å². The van der Waals surface area contributed by atoms with Gasteiger partial charge in [-0.25, -0.2) is 0 Å². The third-order valence-corrected chi connectivity index (χ3v) is 5.92. The summed E-state index contributed by atoms with van der Waals surface area (Å²) in [5, 5.41) is 17.6. The second kappa shape index (κ2) is 10.6. The number of halogens is 1. The highest BCUT2D eigenvalue weighted by molar-refractivity contribution is 6.30. The van der Waals surface area contributed by atoms with Gasteiger partial charge in [-0.15, -0.1) is 0 Å². The molecule has 0 spiro atoms. The fourth-order valence-electron chi connectivity index (χ4n) is 3.91. The summed E-state index contributed by atoms with van der Waals surface area (Å²) in [7, 11) is 0. The Labute approximate surface area is 202 Å². The van der Waals surface area contributed by atoms with Crippen LogP contribution in [0.25, 0.3) is 10.9 Å². The van der Waals surface area contributed by atoms with Crippen LogP contribution < -0.4 is 10.6 Å². The van der Waals surface area contributed by atoms with Crippen molar-refractivity contribution in [3.63, 3.8) is 0 Å². The Morgan fingerprint density at radius 3 is 2.56 bits per heavy atom. The fraction of sp³-hybridized carbons (Fsp3) is 0.231. The Kier molecular flexibility index (Phi) is 7.35. The summed E-state index contributed by atoms with van der Waals surface area (Å²) in [4.78, 5) is 29.3. The second-order valence-electron chi connectivity index (χ2n) is 8.27. The molecule has 2 aromatic carbocycles. The standard InChI is InChI=1S/C26H26ClN3O4/c1-16(13-23(31)24-7-4-12-34-24)29-26(33)22(30-25(32)17-8-10-19(27)11-9-17)14-18-15-28-21-6-3-2-5-20(18)21/h2-12,15-16,22-23,28,31H,13-14H2,1H3,(H,29,33)(H,30,32). The van der Waals surface area contributed by atoms with Crippen molar-refractivity contribution in [2.45, 2.75) is 38.0 Å². The second-order valence-corrected chi connectivity index (χ2v) is 8.71. The number of aromatic nitrogens is 1. The molecule has 2 aromatic heterocycles. The van der Waals surface area contributed by atoms with Crippen molar-refractivity contribution in [2.24, 2.45) is 0 Å². The molecular formula is C26H26ClN3O4. The van der Waals surface area contributed by atoms with Gasteiger partial charge < -0.3 is 25.1 Å². The quantitative estimate of drug-likeness (QED) is 0.285. The van der Waals surface area contributed by atoms with E-state index in [2.05, 4.69) is 15.6 Å². The number of rotatable bonds is 9. The van der Waals surface area contributed by atoms with E-state index in [-0.39, 0.29) is 24.3 Å². The summed E-state index contributed by atoms with van der Waals surface area (Å²) >= 11 is 5.93. The Morgan fingerprint density at radius 1 is 1.06 bits per heavy atom. The van der Waals surface area contributed by atoms with Gasteiger partial charge in [-0.05, 0) is 55.0 Å². The van der Waals surface area contributed by atoms with E-state index in [0.717, 1.165) is 16.5 Å². The molecule has 2 amide bonds. The third kappa shape index (κ3) is 5.68. The number of furan rings is 1. The number of hydrogen-bond acceptors (Lipinski definition) is 4. The van der Waals surface area contributed by atoms with Crippen molar-refractivity contribution in [3.8, 4) is 0 Å². The molecule has 4 rings (SSSR count). The molecule has 34 heavy (non-hydrogen) atoms. The van der Waals surface area contributed by atoms with Crippen LogP contribution in [0.5, 0.6) is 0 Å². The highest BCUT2D eigenvalue weighted by atomic mass is 35.5. The summed E-state index contributed by atoms with van der Waals surface area (Å²) in [5.41, 5.74) is 2.27. The maximum absolute atomic E-state index is 13.2. The van der Waals surface area contributed by atoms with E-state index in [1.165, 1.54) is 6.26 Å². The van der Waals surface area contributed by atoms with Gasteiger partial charge in [0.2, 0.25) is 5.91 Å². The van der Waals surface area contributed by atoms with E-state index in [4.69, 9.17) is 16.0 Å². The lowest BCUT2D eigenvalue weighted by molar-refractivity contribution is -0.123. The first kappa shape index (κ1) is 23.6. The van der Waals surface area contributed by atoms with Crippen LogP contribution in [0.1, 0.15) is 41.1 Å². The number of para-hydroxylation sites is 1. The van der Waals surface area contributed by atoms with E-state index >= 15 is 0 Å². The van der Waals surface area contributed by atoms with Crippen molar-refractivity contribution < 1.29 is 19.1 Å². The zero-order valence-electron chi connectivity index (χ0n) is 18.6. The zero-order valence-corrected chi connectivity index (χ0v) is 19.4. The predicted octanol–water partition coefficient (Wildman–Crippen LogP) is 4.38. The molecular weight excluding hydrogens is 454 g/mol. The fourth-order valence-corrected chi connectivity index (χ4v) is 4.03. The van der Waals surface area contributed by atoms with Crippen LogP contribution in [0.15, 0.2) is 77.5 Å². The molecule has 0 aliphatic rings. The van der Waals surface area contributed by atoms with Crippen LogP contribution in [0.3, 0.4) is 0 Å². The Hall–Kier alpha value is -3.55. The predicted molar refractivity (Wildman–Crippen MR) is 131 cm³/mol. The minimum absolute atomic E-state index is 0.268. The lowest BCUT2D eigenvalue weighted by Gasteiger charge is -2.22. The van der Waals surface area contributed by atoms with E-state index < -0.39 is 12.1 Å². The minimum atomic E-state index is -0.846. The number of aliphatic hydroxyl groups excluding tert-OH is 1.